The molecule has 0 spiro atoms. The first kappa shape index (κ1) is 18.2. The molecule has 4 aliphatic carbocycles. The summed E-state index contributed by atoms with van der Waals surface area (Å²) in [5, 5.41) is 17.9. The highest BCUT2D eigenvalue weighted by Gasteiger charge is 2.51. The summed E-state index contributed by atoms with van der Waals surface area (Å²) >= 11 is 0. The van der Waals surface area contributed by atoms with E-state index in [0.717, 1.165) is 25.3 Å². The largest absolute Gasteiger partial charge is 0.359 e. The molecule has 0 unspecified atom stereocenters. The molecule has 4 saturated carbocycles. The van der Waals surface area contributed by atoms with Crippen LogP contribution in [0.25, 0.3) is 0 Å². The quantitative estimate of drug-likeness (QED) is 0.553. The van der Waals surface area contributed by atoms with Crippen molar-refractivity contribution in [1.82, 2.24) is 9.97 Å². The lowest BCUT2D eigenvalue weighted by atomic mass is 9.53. The van der Waals surface area contributed by atoms with Crippen LogP contribution in [0.2, 0.25) is 0 Å². The molecule has 0 atom stereocenters. The van der Waals surface area contributed by atoms with Crippen LogP contribution in [-0.4, -0.2) is 20.4 Å². The molecule has 4 bridgehead atoms. The third-order valence-corrected chi connectivity index (χ3v) is 6.61. The van der Waals surface area contributed by atoms with Crippen molar-refractivity contribution < 1.29 is 13.7 Å². The second-order valence-electron chi connectivity index (χ2n) is 8.75. The van der Waals surface area contributed by atoms with Gasteiger partial charge < -0.3 is 10.6 Å². The van der Waals surface area contributed by atoms with Gasteiger partial charge in [0, 0.05) is 11.6 Å². The molecule has 1 aromatic heterocycles. The maximum absolute atomic E-state index is 14.0. The average Bonchev–Trinajstić information content (AvgIpc) is 2.62. The normalized spacial score (nSPS) is 29.7. The van der Waals surface area contributed by atoms with E-state index in [9.17, 15) is 18.9 Å². The van der Waals surface area contributed by atoms with Gasteiger partial charge in [0.25, 0.3) is 0 Å². The lowest BCUT2D eigenvalue weighted by Gasteiger charge is -2.57. The van der Waals surface area contributed by atoms with Crippen LogP contribution < -0.4 is 10.6 Å². The second kappa shape index (κ2) is 6.60. The third kappa shape index (κ3) is 3.28. The van der Waals surface area contributed by atoms with E-state index in [1.807, 2.05) is 0 Å². The van der Waals surface area contributed by atoms with E-state index in [0.29, 0.717) is 23.8 Å². The SMILES string of the molecule is O=[N+]([O-])c1c(Nc2ccc(F)cc2F)ncnc1NC12CC3CC(CC(C3)C1)C2. The topological polar surface area (TPSA) is 93.0 Å². The molecular weight excluding hydrogens is 380 g/mol. The van der Waals surface area contributed by atoms with Crippen LogP contribution in [0, 0.1) is 39.5 Å². The maximum atomic E-state index is 14.0. The van der Waals surface area contributed by atoms with Gasteiger partial charge in [-0.15, -0.1) is 0 Å². The monoisotopic (exact) mass is 401 g/mol. The van der Waals surface area contributed by atoms with Crippen molar-refractivity contribution in [2.45, 2.75) is 44.1 Å². The molecule has 6 rings (SSSR count). The van der Waals surface area contributed by atoms with E-state index in [1.165, 1.54) is 31.7 Å². The van der Waals surface area contributed by atoms with Crippen LogP contribution in [0.3, 0.4) is 0 Å². The minimum absolute atomic E-state index is 0.0889. The molecule has 1 aromatic carbocycles. The second-order valence-corrected chi connectivity index (χ2v) is 8.75. The fourth-order valence-corrected chi connectivity index (χ4v) is 5.97. The molecule has 7 nitrogen and oxygen atoms in total. The number of nitrogens with zero attached hydrogens (tertiary/aromatic N) is 3. The van der Waals surface area contributed by atoms with Crippen molar-refractivity contribution in [3.63, 3.8) is 0 Å². The van der Waals surface area contributed by atoms with Crippen LogP contribution in [0.15, 0.2) is 24.5 Å². The molecule has 29 heavy (non-hydrogen) atoms. The average molecular weight is 401 g/mol. The number of nitro groups is 1. The summed E-state index contributed by atoms with van der Waals surface area (Å²) < 4.78 is 27.2. The molecule has 0 saturated heterocycles. The Morgan fingerprint density at radius 2 is 1.66 bits per heavy atom. The Hall–Kier alpha value is -2.84. The Balaban J connectivity index is 1.48. The fourth-order valence-electron chi connectivity index (χ4n) is 5.97. The minimum atomic E-state index is -0.853. The standard InChI is InChI=1S/C20H21F2N5O2/c21-14-1-2-16(15(22)6-14)25-18-17(27(28)29)19(24-10-23-18)26-20-7-11-3-12(8-20)5-13(4-11)9-20/h1-2,6,10-13H,3-5,7-9H2,(H2,23,24,25,26). The number of hydrogen-bond acceptors (Lipinski definition) is 6. The van der Waals surface area contributed by atoms with Crippen molar-refractivity contribution in [3.8, 4) is 0 Å². The number of benzene rings is 1. The van der Waals surface area contributed by atoms with Crippen molar-refractivity contribution in [3.05, 3.63) is 46.3 Å². The van der Waals surface area contributed by atoms with E-state index < -0.39 is 16.6 Å². The summed E-state index contributed by atoms with van der Waals surface area (Å²) in [5.41, 5.74) is -0.590. The number of halogens is 2. The van der Waals surface area contributed by atoms with Gasteiger partial charge in [-0.3, -0.25) is 10.1 Å². The Morgan fingerprint density at radius 3 is 2.24 bits per heavy atom. The van der Waals surface area contributed by atoms with E-state index in [2.05, 4.69) is 20.6 Å². The zero-order valence-electron chi connectivity index (χ0n) is 15.7. The zero-order chi connectivity index (χ0) is 20.2. The first-order valence-corrected chi connectivity index (χ1v) is 9.90. The van der Waals surface area contributed by atoms with Gasteiger partial charge in [-0.25, -0.2) is 18.7 Å². The molecule has 2 aromatic rings. The molecular formula is C20H21F2N5O2. The van der Waals surface area contributed by atoms with Crippen LogP contribution in [0.1, 0.15) is 38.5 Å². The molecule has 4 aliphatic rings. The van der Waals surface area contributed by atoms with E-state index in [4.69, 9.17) is 0 Å². The Bertz CT molecular complexity index is 948. The molecule has 0 amide bonds. The predicted molar refractivity (Wildman–Crippen MR) is 103 cm³/mol. The zero-order valence-corrected chi connectivity index (χ0v) is 15.7. The fraction of sp³-hybridized carbons (Fsp3) is 0.500. The Labute approximate surface area is 166 Å². The number of rotatable bonds is 5. The summed E-state index contributed by atoms with van der Waals surface area (Å²) in [4.78, 5) is 19.4. The van der Waals surface area contributed by atoms with Crippen LogP contribution in [0.4, 0.5) is 31.8 Å². The predicted octanol–water partition coefficient (Wildman–Crippen LogP) is 4.79. The highest BCUT2D eigenvalue weighted by atomic mass is 19.1. The summed E-state index contributed by atoms with van der Waals surface area (Å²) in [5.74, 6) is 0.448. The van der Waals surface area contributed by atoms with Crippen LogP contribution >= 0.6 is 0 Å². The maximum Gasteiger partial charge on any atom is 0.353 e. The van der Waals surface area contributed by atoms with E-state index in [1.54, 1.807) is 0 Å². The molecule has 0 aliphatic heterocycles. The van der Waals surface area contributed by atoms with Gasteiger partial charge >= 0.3 is 5.69 Å². The van der Waals surface area contributed by atoms with Crippen LogP contribution in [-0.2, 0) is 0 Å². The third-order valence-electron chi connectivity index (χ3n) is 6.61. The van der Waals surface area contributed by atoms with Crippen LogP contribution in [0.5, 0.6) is 0 Å². The summed E-state index contributed by atoms with van der Waals surface area (Å²) in [7, 11) is 0. The lowest BCUT2D eigenvalue weighted by Crippen LogP contribution is -2.55. The van der Waals surface area contributed by atoms with Crippen molar-refractivity contribution >= 4 is 23.0 Å². The number of anilines is 3. The van der Waals surface area contributed by atoms with Gasteiger partial charge in [-0.05, 0) is 68.4 Å². The smallest absolute Gasteiger partial charge is 0.353 e. The first-order chi connectivity index (χ1) is 13.9. The number of hydrogen-bond donors (Lipinski definition) is 2. The van der Waals surface area contributed by atoms with Gasteiger partial charge in [0.2, 0.25) is 11.6 Å². The van der Waals surface area contributed by atoms with Crippen molar-refractivity contribution in [2.24, 2.45) is 17.8 Å². The number of aromatic nitrogens is 2. The van der Waals surface area contributed by atoms with E-state index in [-0.39, 0.29) is 28.5 Å². The molecule has 2 N–H and O–H groups in total. The summed E-state index contributed by atoms with van der Waals surface area (Å²) in [6, 6.07) is 2.97. The number of nitrogens with one attached hydrogen (secondary N) is 2. The van der Waals surface area contributed by atoms with Gasteiger partial charge in [0.05, 0.1) is 10.6 Å². The van der Waals surface area contributed by atoms with Gasteiger partial charge in [-0.2, -0.15) is 0 Å². The minimum Gasteiger partial charge on any atom is -0.359 e. The van der Waals surface area contributed by atoms with E-state index >= 15 is 0 Å². The van der Waals surface area contributed by atoms with Crippen molar-refractivity contribution in [1.29, 1.82) is 0 Å². The van der Waals surface area contributed by atoms with Crippen molar-refractivity contribution in [2.75, 3.05) is 10.6 Å². The Morgan fingerprint density at radius 1 is 1.03 bits per heavy atom. The molecule has 0 radical (unpaired) electrons. The molecule has 152 valence electrons. The summed E-state index contributed by atoms with van der Waals surface area (Å²) in [6.07, 6.45) is 7.97. The van der Waals surface area contributed by atoms with Gasteiger partial charge in [0.15, 0.2) is 0 Å². The lowest BCUT2D eigenvalue weighted by molar-refractivity contribution is -0.383. The molecule has 1 heterocycles. The molecule has 9 heteroatoms. The Kier molecular flexibility index (Phi) is 4.15. The highest BCUT2D eigenvalue weighted by Crippen LogP contribution is 2.57. The summed E-state index contributed by atoms with van der Waals surface area (Å²) in [6.45, 7) is 0. The first-order valence-electron chi connectivity index (χ1n) is 9.90. The highest BCUT2D eigenvalue weighted by molar-refractivity contribution is 5.74. The molecule has 4 fully saturated rings. The van der Waals surface area contributed by atoms with Gasteiger partial charge in [0.1, 0.15) is 18.0 Å². The van der Waals surface area contributed by atoms with Gasteiger partial charge in [-0.1, -0.05) is 0 Å².